The van der Waals surface area contributed by atoms with Crippen molar-refractivity contribution in [3.63, 3.8) is 0 Å². The Bertz CT molecular complexity index is 598. The predicted molar refractivity (Wildman–Crippen MR) is 67.8 cm³/mol. The van der Waals surface area contributed by atoms with Gasteiger partial charge in [-0.2, -0.15) is 0 Å². The highest BCUT2D eigenvalue weighted by Crippen LogP contribution is 2.30. The lowest BCUT2D eigenvalue weighted by Crippen LogP contribution is -2.49. The van der Waals surface area contributed by atoms with Crippen molar-refractivity contribution < 1.29 is 9.90 Å². The molecule has 2 rings (SSSR count). The van der Waals surface area contributed by atoms with Crippen LogP contribution in [0.1, 0.15) is 19.3 Å². The second-order valence-electron chi connectivity index (χ2n) is 4.98. The van der Waals surface area contributed by atoms with E-state index in [1.165, 1.54) is 19.3 Å². The molecule has 0 radical (unpaired) electrons. The van der Waals surface area contributed by atoms with Crippen LogP contribution in [0.2, 0.25) is 0 Å². The van der Waals surface area contributed by atoms with Crippen LogP contribution < -0.4 is 16.6 Å². The molecule has 2 N–H and O–H groups in total. The fourth-order valence-corrected chi connectivity index (χ4v) is 1.97. The lowest BCUT2D eigenvalue weighted by molar-refractivity contribution is -0.124. The second kappa shape index (κ2) is 5.00. The molecule has 0 unspecified atom stereocenters. The van der Waals surface area contributed by atoms with Crippen LogP contribution in [0.25, 0.3) is 0 Å². The highest BCUT2D eigenvalue weighted by molar-refractivity contribution is 5.75. The maximum absolute atomic E-state index is 11.7. The lowest BCUT2D eigenvalue weighted by atomic mass is 9.80. The average Bonchev–Trinajstić information content (AvgIpc) is 2.35. The second-order valence-corrected chi connectivity index (χ2v) is 4.98. The number of nitrogens with one attached hydrogen (secondary N) is 1. The number of hydrogen-bond donors (Lipinski definition) is 2. The van der Waals surface area contributed by atoms with E-state index in [4.69, 9.17) is 0 Å². The van der Waals surface area contributed by atoms with Crippen LogP contribution in [-0.4, -0.2) is 32.3 Å². The molecule has 0 bridgehead atoms. The maximum Gasteiger partial charge on any atom is 0.331 e. The van der Waals surface area contributed by atoms with Gasteiger partial charge in [-0.15, -0.1) is 0 Å². The molecule has 1 aliphatic carbocycles. The smallest absolute Gasteiger partial charge is 0.331 e. The predicted octanol–water partition coefficient (Wildman–Crippen LogP) is -1.42. The summed E-state index contributed by atoms with van der Waals surface area (Å²) in [5.41, 5.74) is -1.74. The Hall–Kier alpha value is -1.89. The van der Waals surface area contributed by atoms with Crippen LogP contribution in [0, 0.1) is 0 Å². The minimum Gasteiger partial charge on any atom is -0.388 e. The molecule has 1 aliphatic rings. The standard InChI is InChI=1S/C12H17N3O4/c1-14-10(17)3-6-15(11(14)18)7-9(16)13-8-12(19)4-2-5-12/h3,6,19H,2,4-5,7-8H2,1H3,(H,13,16). The van der Waals surface area contributed by atoms with Gasteiger partial charge < -0.3 is 10.4 Å². The fourth-order valence-electron chi connectivity index (χ4n) is 1.97. The van der Waals surface area contributed by atoms with Crippen molar-refractivity contribution in [1.29, 1.82) is 0 Å². The number of carbonyl (C=O) groups excluding carboxylic acids is 1. The molecule has 19 heavy (non-hydrogen) atoms. The third kappa shape index (κ3) is 2.93. The van der Waals surface area contributed by atoms with Gasteiger partial charge in [0.05, 0.1) is 5.60 Å². The topological polar surface area (TPSA) is 93.3 Å². The zero-order chi connectivity index (χ0) is 14.0. The van der Waals surface area contributed by atoms with E-state index in [9.17, 15) is 19.5 Å². The Morgan fingerprint density at radius 1 is 1.47 bits per heavy atom. The normalized spacial score (nSPS) is 16.7. The van der Waals surface area contributed by atoms with Gasteiger partial charge in [-0.05, 0) is 19.3 Å². The third-order valence-corrected chi connectivity index (χ3v) is 3.47. The van der Waals surface area contributed by atoms with Gasteiger partial charge >= 0.3 is 5.69 Å². The summed E-state index contributed by atoms with van der Waals surface area (Å²) in [6, 6.07) is 1.23. The Kier molecular flexibility index (Phi) is 3.57. The zero-order valence-electron chi connectivity index (χ0n) is 10.8. The SMILES string of the molecule is Cn1c(=O)ccn(CC(=O)NCC2(O)CCC2)c1=O. The van der Waals surface area contributed by atoms with E-state index in [0.717, 1.165) is 15.6 Å². The van der Waals surface area contributed by atoms with Crippen molar-refractivity contribution >= 4 is 5.91 Å². The number of amides is 1. The first-order valence-corrected chi connectivity index (χ1v) is 6.17. The molecule has 0 aliphatic heterocycles. The summed E-state index contributed by atoms with van der Waals surface area (Å²) in [6.07, 6.45) is 3.63. The molecule has 0 saturated heterocycles. The molecule has 1 fully saturated rings. The largest absolute Gasteiger partial charge is 0.388 e. The van der Waals surface area contributed by atoms with Gasteiger partial charge in [0.25, 0.3) is 5.56 Å². The fraction of sp³-hybridized carbons (Fsp3) is 0.583. The van der Waals surface area contributed by atoms with Gasteiger partial charge in [0.1, 0.15) is 6.54 Å². The van der Waals surface area contributed by atoms with Crippen molar-refractivity contribution in [3.05, 3.63) is 33.1 Å². The quantitative estimate of drug-likeness (QED) is 0.700. The number of nitrogens with zero attached hydrogens (tertiary/aromatic N) is 2. The number of rotatable bonds is 4. The summed E-state index contributed by atoms with van der Waals surface area (Å²) in [5, 5.41) is 12.4. The molecule has 1 heterocycles. The number of hydrogen-bond acceptors (Lipinski definition) is 4. The summed E-state index contributed by atoms with van der Waals surface area (Å²) < 4.78 is 2.09. The van der Waals surface area contributed by atoms with Gasteiger partial charge in [0.2, 0.25) is 5.91 Å². The van der Waals surface area contributed by atoms with E-state index in [2.05, 4.69) is 5.32 Å². The maximum atomic E-state index is 11.7. The Labute approximate surface area is 109 Å². The summed E-state index contributed by atoms with van der Waals surface area (Å²) in [4.78, 5) is 34.6. The van der Waals surface area contributed by atoms with Crippen molar-refractivity contribution in [2.75, 3.05) is 6.54 Å². The van der Waals surface area contributed by atoms with Gasteiger partial charge in [0.15, 0.2) is 0 Å². The van der Waals surface area contributed by atoms with E-state index in [1.54, 1.807) is 0 Å². The molecule has 104 valence electrons. The van der Waals surface area contributed by atoms with Gasteiger partial charge in [-0.1, -0.05) is 0 Å². The molecule has 1 amide bonds. The van der Waals surface area contributed by atoms with Crippen LogP contribution in [0.15, 0.2) is 21.9 Å². The zero-order valence-corrected chi connectivity index (χ0v) is 10.8. The molecular formula is C12H17N3O4. The molecule has 0 aromatic carbocycles. The van der Waals surface area contributed by atoms with Crippen LogP contribution in [0.3, 0.4) is 0 Å². The Balaban J connectivity index is 1.97. The number of aromatic nitrogens is 2. The monoisotopic (exact) mass is 267 g/mol. The third-order valence-electron chi connectivity index (χ3n) is 3.47. The first-order chi connectivity index (χ1) is 8.91. The molecule has 0 atom stereocenters. The summed E-state index contributed by atoms with van der Waals surface area (Å²) in [6.45, 7) is 0.0371. The van der Waals surface area contributed by atoms with Crippen LogP contribution >= 0.6 is 0 Å². The summed E-state index contributed by atoms with van der Waals surface area (Å²) in [5.74, 6) is -0.360. The van der Waals surface area contributed by atoms with E-state index in [1.807, 2.05) is 0 Å². The number of aliphatic hydroxyl groups is 1. The minimum absolute atomic E-state index is 0.164. The van der Waals surface area contributed by atoms with Gasteiger partial charge in [0, 0.05) is 25.9 Å². The molecule has 1 aromatic heterocycles. The lowest BCUT2D eigenvalue weighted by Gasteiger charge is -2.36. The molecular weight excluding hydrogens is 250 g/mol. The van der Waals surface area contributed by atoms with E-state index in [0.29, 0.717) is 12.8 Å². The highest BCUT2D eigenvalue weighted by atomic mass is 16.3. The van der Waals surface area contributed by atoms with Crippen molar-refractivity contribution in [1.82, 2.24) is 14.5 Å². The Morgan fingerprint density at radius 3 is 2.74 bits per heavy atom. The van der Waals surface area contributed by atoms with Crippen LogP contribution in [-0.2, 0) is 18.4 Å². The molecule has 1 aromatic rings. The first-order valence-electron chi connectivity index (χ1n) is 6.17. The first kappa shape index (κ1) is 13.5. The van der Waals surface area contributed by atoms with Crippen LogP contribution in [0.5, 0.6) is 0 Å². The molecule has 7 heteroatoms. The molecule has 0 spiro atoms. The van der Waals surface area contributed by atoms with Gasteiger partial charge in [-0.3, -0.25) is 18.7 Å². The van der Waals surface area contributed by atoms with E-state index in [-0.39, 0.29) is 19.0 Å². The van der Waals surface area contributed by atoms with Crippen molar-refractivity contribution in [3.8, 4) is 0 Å². The summed E-state index contributed by atoms with van der Waals surface area (Å²) in [7, 11) is 1.36. The highest BCUT2D eigenvalue weighted by Gasteiger charge is 2.34. The van der Waals surface area contributed by atoms with E-state index < -0.39 is 16.9 Å². The average molecular weight is 267 g/mol. The Morgan fingerprint density at radius 2 is 2.16 bits per heavy atom. The molecule has 7 nitrogen and oxygen atoms in total. The van der Waals surface area contributed by atoms with Crippen molar-refractivity contribution in [2.24, 2.45) is 7.05 Å². The summed E-state index contributed by atoms with van der Waals surface area (Å²) >= 11 is 0. The number of carbonyl (C=O) groups is 1. The van der Waals surface area contributed by atoms with Gasteiger partial charge in [-0.25, -0.2) is 4.79 Å². The van der Waals surface area contributed by atoms with E-state index >= 15 is 0 Å². The minimum atomic E-state index is -0.788. The van der Waals surface area contributed by atoms with Crippen LogP contribution in [0.4, 0.5) is 0 Å². The molecule has 1 saturated carbocycles. The van der Waals surface area contributed by atoms with Crippen molar-refractivity contribution in [2.45, 2.75) is 31.4 Å².